The number of nitrogens with one attached hydrogen (secondary N) is 1. The summed E-state index contributed by atoms with van der Waals surface area (Å²) in [7, 11) is -0.684. The highest BCUT2D eigenvalue weighted by atomic mass is 32.2. The second-order valence-electron chi connectivity index (χ2n) is 4.18. The molecule has 92 valence electrons. The smallest absolute Gasteiger partial charge is 0.105 e. The Morgan fingerprint density at radius 1 is 1.50 bits per heavy atom. The Kier molecular flexibility index (Phi) is 5.22. The summed E-state index contributed by atoms with van der Waals surface area (Å²) in [5.41, 5.74) is 1.22. The minimum Gasteiger partial charge on any atom is -0.466 e. The van der Waals surface area contributed by atoms with Crippen molar-refractivity contribution < 1.29 is 8.63 Å². The molecule has 1 N–H and O–H groups in total. The van der Waals surface area contributed by atoms with Gasteiger partial charge in [0.1, 0.15) is 11.5 Å². The zero-order valence-electron chi connectivity index (χ0n) is 10.5. The van der Waals surface area contributed by atoms with Gasteiger partial charge in [-0.25, -0.2) is 0 Å². The van der Waals surface area contributed by atoms with Gasteiger partial charge in [0, 0.05) is 34.4 Å². The average molecular weight is 243 g/mol. The highest BCUT2D eigenvalue weighted by Crippen LogP contribution is 2.20. The van der Waals surface area contributed by atoms with E-state index < -0.39 is 10.8 Å². The van der Waals surface area contributed by atoms with Gasteiger partial charge in [-0.3, -0.25) is 4.21 Å². The molecule has 4 heteroatoms. The van der Waals surface area contributed by atoms with Gasteiger partial charge in [0.15, 0.2) is 0 Å². The van der Waals surface area contributed by atoms with Crippen LogP contribution in [0.15, 0.2) is 10.5 Å². The molecule has 1 rings (SSSR count). The normalized spacial score (nSPS) is 15.0. The molecule has 2 atom stereocenters. The maximum Gasteiger partial charge on any atom is 0.105 e. The molecule has 0 saturated carbocycles. The zero-order chi connectivity index (χ0) is 12.1. The fourth-order valence-electron chi connectivity index (χ4n) is 1.78. The van der Waals surface area contributed by atoms with E-state index in [0.29, 0.717) is 6.04 Å². The third-order valence-electron chi connectivity index (χ3n) is 2.60. The summed E-state index contributed by atoms with van der Waals surface area (Å²) in [6.45, 7) is 6.97. The summed E-state index contributed by atoms with van der Waals surface area (Å²) in [5, 5.41) is 3.41. The van der Waals surface area contributed by atoms with E-state index in [-0.39, 0.29) is 0 Å². The Bertz CT molecular complexity index is 360. The van der Waals surface area contributed by atoms with Crippen molar-refractivity contribution in [3.63, 3.8) is 0 Å². The molecular formula is C12H21NO2S. The molecule has 0 aliphatic heterocycles. The molecule has 0 amide bonds. The van der Waals surface area contributed by atoms with Crippen LogP contribution in [-0.4, -0.2) is 22.8 Å². The Morgan fingerprint density at radius 3 is 2.69 bits per heavy atom. The van der Waals surface area contributed by atoms with E-state index in [1.54, 1.807) is 6.26 Å². The van der Waals surface area contributed by atoms with Gasteiger partial charge >= 0.3 is 0 Å². The first-order valence-electron chi connectivity index (χ1n) is 5.61. The molecule has 0 saturated heterocycles. The quantitative estimate of drug-likeness (QED) is 0.780. The summed E-state index contributed by atoms with van der Waals surface area (Å²) in [6.07, 6.45) is 2.69. The maximum atomic E-state index is 10.9. The summed E-state index contributed by atoms with van der Waals surface area (Å²) >= 11 is 0. The van der Waals surface area contributed by atoms with E-state index >= 15 is 0 Å². The monoisotopic (exact) mass is 243 g/mol. The van der Waals surface area contributed by atoms with E-state index in [2.05, 4.69) is 18.3 Å². The van der Waals surface area contributed by atoms with Gasteiger partial charge in [-0.05, 0) is 39.8 Å². The Balaban J connectivity index is 2.38. The average Bonchev–Trinajstić information content (AvgIpc) is 2.52. The van der Waals surface area contributed by atoms with Crippen molar-refractivity contribution in [2.75, 3.05) is 18.6 Å². The molecule has 0 aliphatic rings. The summed E-state index contributed by atoms with van der Waals surface area (Å²) in [6, 6.07) is 2.37. The minimum atomic E-state index is -0.684. The molecule has 1 aromatic heterocycles. The van der Waals surface area contributed by atoms with Crippen molar-refractivity contribution in [3.8, 4) is 0 Å². The third kappa shape index (κ3) is 4.10. The molecule has 2 unspecified atom stereocenters. The van der Waals surface area contributed by atoms with Crippen LogP contribution in [0.3, 0.4) is 0 Å². The van der Waals surface area contributed by atoms with Crippen molar-refractivity contribution in [1.29, 1.82) is 0 Å². The lowest BCUT2D eigenvalue weighted by atomic mass is 10.1. The van der Waals surface area contributed by atoms with Gasteiger partial charge in [0.25, 0.3) is 0 Å². The molecule has 16 heavy (non-hydrogen) atoms. The largest absolute Gasteiger partial charge is 0.466 e. The van der Waals surface area contributed by atoms with Crippen LogP contribution in [0.1, 0.15) is 36.5 Å². The molecule has 0 bridgehead atoms. The van der Waals surface area contributed by atoms with E-state index in [9.17, 15) is 4.21 Å². The number of aryl methyl sites for hydroxylation is 2. The predicted octanol–water partition coefficient (Wildman–Crippen LogP) is 2.32. The maximum absolute atomic E-state index is 10.9. The van der Waals surface area contributed by atoms with Crippen LogP contribution in [0.4, 0.5) is 0 Å². The molecule has 1 heterocycles. The minimum absolute atomic E-state index is 0.294. The second-order valence-corrected chi connectivity index (χ2v) is 5.73. The SMILES string of the molecule is Cc1cc(C(C)NCCCS(C)=O)c(C)o1. The number of rotatable bonds is 6. The van der Waals surface area contributed by atoms with Crippen LogP contribution in [0.25, 0.3) is 0 Å². The van der Waals surface area contributed by atoms with E-state index in [0.717, 1.165) is 30.2 Å². The lowest BCUT2D eigenvalue weighted by molar-refractivity contribution is 0.490. The first-order valence-corrected chi connectivity index (χ1v) is 7.33. The second kappa shape index (κ2) is 6.21. The van der Waals surface area contributed by atoms with Gasteiger partial charge in [-0.15, -0.1) is 0 Å². The van der Waals surface area contributed by atoms with Crippen molar-refractivity contribution >= 4 is 10.8 Å². The standard InChI is InChI=1S/C12H21NO2S/c1-9-8-12(11(3)15-9)10(2)13-6-5-7-16(4)14/h8,10,13H,5-7H2,1-4H3. The van der Waals surface area contributed by atoms with Crippen molar-refractivity contribution in [1.82, 2.24) is 5.32 Å². The first-order chi connectivity index (χ1) is 7.50. The Labute approximate surface area is 100 Å². The predicted molar refractivity (Wildman–Crippen MR) is 68.2 cm³/mol. The molecule has 0 fully saturated rings. The number of furan rings is 1. The van der Waals surface area contributed by atoms with E-state index in [1.165, 1.54) is 5.56 Å². The Morgan fingerprint density at radius 2 is 2.19 bits per heavy atom. The lowest BCUT2D eigenvalue weighted by Crippen LogP contribution is -2.21. The van der Waals surface area contributed by atoms with E-state index in [1.807, 2.05) is 13.8 Å². The highest BCUT2D eigenvalue weighted by molar-refractivity contribution is 7.84. The van der Waals surface area contributed by atoms with Gasteiger partial charge in [-0.1, -0.05) is 0 Å². The van der Waals surface area contributed by atoms with Crippen LogP contribution in [0, 0.1) is 13.8 Å². The topological polar surface area (TPSA) is 42.2 Å². The molecule has 0 aliphatic carbocycles. The van der Waals surface area contributed by atoms with Gasteiger partial charge in [-0.2, -0.15) is 0 Å². The lowest BCUT2D eigenvalue weighted by Gasteiger charge is -2.12. The summed E-state index contributed by atoms with van der Waals surface area (Å²) in [5.74, 6) is 2.70. The van der Waals surface area contributed by atoms with Gasteiger partial charge in [0.2, 0.25) is 0 Å². The zero-order valence-corrected chi connectivity index (χ0v) is 11.3. The highest BCUT2D eigenvalue weighted by Gasteiger charge is 2.11. The van der Waals surface area contributed by atoms with Crippen LogP contribution < -0.4 is 5.32 Å². The van der Waals surface area contributed by atoms with Gasteiger partial charge < -0.3 is 9.73 Å². The molecule has 0 radical (unpaired) electrons. The molecule has 0 aromatic carbocycles. The van der Waals surface area contributed by atoms with Crippen LogP contribution in [0.2, 0.25) is 0 Å². The molecule has 1 aromatic rings. The fourth-order valence-corrected chi connectivity index (χ4v) is 2.34. The van der Waals surface area contributed by atoms with Crippen molar-refractivity contribution in [3.05, 3.63) is 23.2 Å². The van der Waals surface area contributed by atoms with Crippen molar-refractivity contribution in [2.45, 2.75) is 33.2 Å². The summed E-state index contributed by atoms with van der Waals surface area (Å²) in [4.78, 5) is 0. The summed E-state index contributed by atoms with van der Waals surface area (Å²) < 4.78 is 16.4. The number of hydrogen-bond donors (Lipinski definition) is 1. The number of hydrogen-bond acceptors (Lipinski definition) is 3. The van der Waals surface area contributed by atoms with Crippen molar-refractivity contribution in [2.24, 2.45) is 0 Å². The van der Waals surface area contributed by atoms with E-state index in [4.69, 9.17) is 4.42 Å². The van der Waals surface area contributed by atoms with Crippen LogP contribution >= 0.6 is 0 Å². The molecular weight excluding hydrogens is 222 g/mol. The third-order valence-corrected chi connectivity index (χ3v) is 3.47. The van der Waals surface area contributed by atoms with Crippen LogP contribution in [0.5, 0.6) is 0 Å². The molecule has 3 nitrogen and oxygen atoms in total. The molecule has 0 spiro atoms. The van der Waals surface area contributed by atoms with Crippen LogP contribution in [-0.2, 0) is 10.8 Å². The van der Waals surface area contributed by atoms with Gasteiger partial charge in [0.05, 0.1) is 0 Å². The first kappa shape index (κ1) is 13.5. The fraction of sp³-hybridized carbons (Fsp3) is 0.667. The Hall–Kier alpha value is -0.610.